The van der Waals surface area contributed by atoms with Crippen LogP contribution in [-0.4, -0.2) is 60.1 Å². The highest BCUT2D eigenvalue weighted by Gasteiger charge is 2.25. The standard InChI is InChI=1S/C11H22N2O2/c1-3-11(15)13(8-9-14)10-4-6-12(2)7-5-10/h10,14H,3-9H2,1-2H3. The molecule has 1 rings (SSSR count). The van der Waals surface area contributed by atoms with E-state index in [0.29, 0.717) is 19.0 Å². The van der Waals surface area contributed by atoms with Gasteiger partial charge in [-0.2, -0.15) is 0 Å². The van der Waals surface area contributed by atoms with E-state index in [1.165, 1.54) is 0 Å². The zero-order valence-electron chi connectivity index (χ0n) is 9.78. The van der Waals surface area contributed by atoms with Crippen molar-refractivity contribution in [1.82, 2.24) is 9.80 Å². The number of hydrogen-bond donors (Lipinski definition) is 1. The molecule has 1 N–H and O–H groups in total. The lowest BCUT2D eigenvalue weighted by Gasteiger charge is -2.37. The van der Waals surface area contributed by atoms with E-state index in [4.69, 9.17) is 5.11 Å². The molecule has 0 atom stereocenters. The van der Waals surface area contributed by atoms with E-state index in [0.717, 1.165) is 25.9 Å². The van der Waals surface area contributed by atoms with E-state index < -0.39 is 0 Å². The number of hydrogen-bond acceptors (Lipinski definition) is 3. The second-order valence-corrected chi connectivity index (χ2v) is 4.20. The number of carbonyl (C=O) groups is 1. The second-order valence-electron chi connectivity index (χ2n) is 4.20. The number of aliphatic hydroxyl groups is 1. The molecule has 0 aliphatic carbocycles. The van der Waals surface area contributed by atoms with Crippen LogP contribution in [-0.2, 0) is 4.79 Å². The average Bonchev–Trinajstić information content (AvgIpc) is 2.26. The molecule has 88 valence electrons. The summed E-state index contributed by atoms with van der Waals surface area (Å²) in [6, 6.07) is 0.334. The third-order valence-corrected chi connectivity index (χ3v) is 3.09. The van der Waals surface area contributed by atoms with E-state index in [9.17, 15) is 4.79 Å². The Hall–Kier alpha value is -0.610. The van der Waals surface area contributed by atoms with Gasteiger partial charge in [-0.25, -0.2) is 0 Å². The normalized spacial score (nSPS) is 19.1. The Labute approximate surface area is 91.9 Å². The van der Waals surface area contributed by atoms with Gasteiger partial charge in [0.1, 0.15) is 0 Å². The van der Waals surface area contributed by atoms with Gasteiger partial charge in [0.05, 0.1) is 6.61 Å². The summed E-state index contributed by atoms with van der Waals surface area (Å²) >= 11 is 0. The summed E-state index contributed by atoms with van der Waals surface area (Å²) in [6.07, 6.45) is 2.59. The van der Waals surface area contributed by atoms with Crippen molar-refractivity contribution in [2.24, 2.45) is 0 Å². The lowest BCUT2D eigenvalue weighted by Crippen LogP contribution is -2.47. The van der Waals surface area contributed by atoms with Crippen LogP contribution in [0.4, 0.5) is 0 Å². The molecule has 1 heterocycles. The number of rotatable bonds is 4. The molecule has 15 heavy (non-hydrogen) atoms. The molecule has 0 spiro atoms. The van der Waals surface area contributed by atoms with Crippen LogP contribution in [0.3, 0.4) is 0 Å². The van der Waals surface area contributed by atoms with Crippen molar-refractivity contribution in [2.75, 3.05) is 33.3 Å². The van der Waals surface area contributed by atoms with Gasteiger partial charge in [0.25, 0.3) is 0 Å². The van der Waals surface area contributed by atoms with Gasteiger partial charge in [0.2, 0.25) is 5.91 Å². The van der Waals surface area contributed by atoms with Crippen molar-refractivity contribution in [2.45, 2.75) is 32.2 Å². The number of amides is 1. The molecule has 0 aromatic rings. The van der Waals surface area contributed by atoms with E-state index in [-0.39, 0.29) is 12.5 Å². The Morgan fingerprint density at radius 3 is 2.53 bits per heavy atom. The van der Waals surface area contributed by atoms with Crippen molar-refractivity contribution >= 4 is 5.91 Å². The summed E-state index contributed by atoms with van der Waals surface area (Å²) in [5, 5.41) is 8.96. The van der Waals surface area contributed by atoms with E-state index in [1.54, 1.807) is 0 Å². The second kappa shape index (κ2) is 6.08. The van der Waals surface area contributed by atoms with Crippen molar-refractivity contribution in [3.05, 3.63) is 0 Å². The number of aliphatic hydroxyl groups excluding tert-OH is 1. The summed E-state index contributed by atoms with van der Waals surface area (Å²) in [6.45, 7) is 4.52. The zero-order chi connectivity index (χ0) is 11.3. The van der Waals surface area contributed by atoms with Crippen LogP contribution >= 0.6 is 0 Å². The predicted octanol–water partition coefficient (Wildman–Crippen LogP) is 0.311. The van der Waals surface area contributed by atoms with Crippen LogP contribution < -0.4 is 0 Å². The maximum atomic E-state index is 11.7. The highest BCUT2D eigenvalue weighted by atomic mass is 16.3. The third-order valence-electron chi connectivity index (χ3n) is 3.09. The Kier molecular flexibility index (Phi) is 5.05. The molecular formula is C11H22N2O2. The Bertz CT molecular complexity index is 201. The van der Waals surface area contributed by atoms with Crippen molar-refractivity contribution in [3.63, 3.8) is 0 Å². The van der Waals surface area contributed by atoms with Crippen LogP contribution in [0.1, 0.15) is 26.2 Å². The van der Waals surface area contributed by atoms with Crippen LogP contribution in [0.5, 0.6) is 0 Å². The minimum absolute atomic E-state index is 0.0675. The van der Waals surface area contributed by atoms with Crippen LogP contribution in [0, 0.1) is 0 Å². The van der Waals surface area contributed by atoms with Crippen LogP contribution in [0.2, 0.25) is 0 Å². The molecule has 0 bridgehead atoms. The maximum absolute atomic E-state index is 11.7. The Morgan fingerprint density at radius 1 is 1.47 bits per heavy atom. The number of carbonyl (C=O) groups excluding carboxylic acids is 1. The first kappa shape index (κ1) is 12.5. The molecule has 0 unspecified atom stereocenters. The summed E-state index contributed by atoms with van der Waals surface area (Å²) < 4.78 is 0. The zero-order valence-corrected chi connectivity index (χ0v) is 9.78. The largest absolute Gasteiger partial charge is 0.395 e. The minimum atomic E-state index is 0.0675. The van der Waals surface area contributed by atoms with Crippen LogP contribution in [0.15, 0.2) is 0 Å². The summed E-state index contributed by atoms with van der Waals surface area (Å²) in [7, 11) is 2.11. The molecule has 4 nitrogen and oxygen atoms in total. The fourth-order valence-corrected chi connectivity index (χ4v) is 2.13. The molecule has 1 aliphatic rings. The first-order valence-corrected chi connectivity index (χ1v) is 5.78. The highest BCUT2D eigenvalue weighted by Crippen LogP contribution is 2.16. The topological polar surface area (TPSA) is 43.8 Å². The molecule has 0 aromatic heterocycles. The lowest BCUT2D eigenvalue weighted by atomic mass is 10.0. The number of piperidine rings is 1. The van der Waals surface area contributed by atoms with Crippen LogP contribution in [0.25, 0.3) is 0 Å². The molecule has 1 aliphatic heterocycles. The van der Waals surface area contributed by atoms with Gasteiger partial charge in [-0.05, 0) is 33.0 Å². The summed E-state index contributed by atoms with van der Waals surface area (Å²) in [5.74, 6) is 0.165. The molecule has 4 heteroatoms. The molecule has 1 fully saturated rings. The van der Waals surface area contributed by atoms with Gasteiger partial charge >= 0.3 is 0 Å². The quantitative estimate of drug-likeness (QED) is 0.732. The van der Waals surface area contributed by atoms with Gasteiger partial charge in [-0.3, -0.25) is 4.79 Å². The van der Waals surface area contributed by atoms with Crippen molar-refractivity contribution in [3.8, 4) is 0 Å². The predicted molar refractivity (Wildman–Crippen MR) is 59.6 cm³/mol. The molecule has 0 saturated carbocycles. The van der Waals surface area contributed by atoms with E-state index >= 15 is 0 Å². The first-order chi connectivity index (χ1) is 7.19. The summed E-state index contributed by atoms with van der Waals surface area (Å²) in [4.78, 5) is 15.8. The smallest absolute Gasteiger partial charge is 0.222 e. The van der Waals surface area contributed by atoms with E-state index in [2.05, 4.69) is 11.9 Å². The third kappa shape index (κ3) is 3.47. The minimum Gasteiger partial charge on any atom is -0.395 e. The fraction of sp³-hybridized carbons (Fsp3) is 0.909. The van der Waals surface area contributed by atoms with Gasteiger partial charge in [-0.15, -0.1) is 0 Å². The SMILES string of the molecule is CCC(=O)N(CCO)C1CCN(C)CC1. The monoisotopic (exact) mass is 214 g/mol. The van der Waals surface area contributed by atoms with E-state index in [1.807, 2.05) is 11.8 Å². The highest BCUT2D eigenvalue weighted by molar-refractivity contribution is 5.76. The lowest BCUT2D eigenvalue weighted by molar-refractivity contribution is -0.134. The fourth-order valence-electron chi connectivity index (χ4n) is 2.13. The maximum Gasteiger partial charge on any atom is 0.222 e. The Balaban J connectivity index is 2.51. The summed E-state index contributed by atoms with van der Waals surface area (Å²) in [5.41, 5.74) is 0. The molecular weight excluding hydrogens is 192 g/mol. The molecule has 0 radical (unpaired) electrons. The molecule has 1 saturated heterocycles. The van der Waals surface area contributed by atoms with Gasteiger partial charge in [0, 0.05) is 19.0 Å². The van der Waals surface area contributed by atoms with Crippen molar-refractivity contribution in [1.29, 1.82) is 0 Å². The Morgan fingerprint density at radius 2 is 2.07 bits per heavy atom. The number of likely N-dealkylation sites (tertiary alicyclic amines) is 1. The van der Waals surface area contributed by atoms with Crippen molar-refractivity contribution < 1.29 is 9.90 Å². The van der Waals surface area contributed by atoms with Gasteiger partial charge < -0.3 is 14.9 Å². The van der Waals surface area contributed by atoms with Gasteiger partial charge in [0.15, 0.2) is 0 Å². The number of nitrogens with zero attached hydrogens (tertiary/aromatic N) is 2. The first-order valence-electron chi connectivity index (χ1n) is 5.78. The molecule has 1 amide bonds. The average molecular weight is 214 g/mol. The molecule has 0 aromatic carbocycles. The van der Waals surface area contributed by atoms with Gasteiger partial charge in [-0.1, -0.05) is 6.92 Å².